The molecule has 0 spiro atoms. The van der Waals surface area contributed by atoms with E-state index in [0.29, 0.717) is 34.0 Å². The highest BCUT2D eigenvalue weighted by molar-refractivity contribution is 6.07. The molecule has 4 aromatic rings. The van der Waals surface area contributed by atoms with Gasteiger partial charge in [-0.15, -0.1) is 0 Å². The van der Waals surface area contributed by atoms with Crippen molar-refractivity contribution >= 4 is 23.0 Å². The Balaban J connectivity index is 1.76. The Kier molecular flexibility index (Phi) is 6.50. The van der Waals surface area contributed by atoms with Crippen LogP contribution in [0.25, 0.3) is 22.2 Å². The van der Waals surface area contributed by atoms with Gasteiger partial charge in [-0.05, 0) is 29.8 Å². The number of hydrazone groups is 1. The van der Waals surface area contributed by atoms with Crippen molar-refractivity contribution in [2.24, 2.45) is 5.10 Å². The zero-order chi connectivity index (χ0) is 23.2. The molecule has 0 aliphatic rings. The van der Waals surface area contributed by atoms with Gasteiger partial charge in [0.25, 0.3) is 5.91 Å². The summed E-state index contributed by atoms with van der Waals surface area (Å²) < 4.78 is 16.4. The van der Waals surface area contributed by atoms with E-state index in [4.69, 9.17) is 19.2 Å². The Bertz CT molecular complexity index is 1290. The SMILES string of the molecule is COc1cc(-c2cc(C(=O)N/N=C/c3ccccc3)c3ccccc3n2)cc(OC)c1OC. The van der Waals surface area contributed by atoms with Gasteiger partial charge in [0.05, 0.1) is 44.3 Å². The number of pyridine rings is 1. The molecule has 0 unspecified atom stereocenters. The van der Waals surface area contributed by atoms with E-state index in [9.17, 15) is 4.79 Å². The molecule has 0 aliphatic heterocycles. The molecule has 0 aliphatic carbocycles. The van der Waals surface area contributed by atoms with E-state index in [0.717, 1.165) is 16.5 Å². The maximum absolute atomic E-state index is 13.1. The van der Waals surface area contributed by atoms with Crippen LogP contribution in [0.4, 0.5) is 0 Å². The summed E-state index contributed by atoms with van der Waals surface area (Å²) in [6, 6.07) is 22.3. The van der Waals surface area contributed by atoms with Crippen LogP contribution in [0.3, 0.4) is 0 Å². The van der Waals surface area contributed by atoms with Gasteiger partial charge < -0.3 is 14.2 Å². The second-order valence-electron chi connectivity index (χ2n) is 7.10. The summed E-state index contributed by atoms with van der Waals surface area (Å²) in [7, 11) is 4.66. The fraction of sp³-hybridized carbons (Fsp3) is 0.115. The van der Waals surface area contributed by atoms with Gasteiger partial charge in [0.2, 0.25) is 5.75 Å². The first-order chi connectivity index (χ1) is 16.1. The number of carbonyl (C=O) groups excluding carboxylic acids is 1. The van der Waals surface area contributed by atoms with Crippen LogP contribution in [-0.4, -0.2) is 38.4 Å². The third kappa shape index (κ3) is 4.62. The third-order valence-electron chi connectivity index (χ3n) is 5.10. The van der Waals surface area contributed by atoms with Crippen molar-refractivity contribution in [3.05, 3.63) is 83.9 Å². The molecule has 0 saturated carbocycles. The van der Waals surface area contributed by atoms with E-state index in [-0.39, 0.29) is 5.91 Å². The van der Waals surface area contributed by atoms with E-state index >= 15 is 0 Å². The Hall–Kier alpha value is -4.39. The normalized spacial score (nSPS) is 10.9. The lowest BCUT2D eigenvalue weighted by Crippen LogP contribution is -2.18. The number of rotatable bonds is 7. The number of hydrogen-bond acceptors (Lipinski definition) is 6. The topological polar surface area (TPSA) is 82.0 Å². The van der Waals surface area contributed by atoms with Crippen LogP contribution in [0.5, 0.6) is 17.2 Å². The van der Waals surface area contributed by atoms with Crippen LogP contribution in [0.2, 0.25) is 0 Å². The molecule has 166 valence electrons. The number of nitrogens with one attached hydrogen (secondary N) is 1. The van der Waals surface area contributed by atoms with Gasteiger partial charge in [-0.3, -0.25) is 4.79 Å². The number of nitrogens with zero attached hydrogens (tertiary/aromatic N) is 2. The van der Waals surface area contributed by atoms with E-state index in [1.807, 2.05) is 54.6 Å². The Labute approximate surface area is 191 Å². The van der Waals surface area contributed by atoms with Gasteiger partial charge in [0.15, 0.2) is 11.5 Å². The molecule has 7 nitrogen and oxygen atoms in total. The highest BCUT2D eigenvalue weighted by atomic mass is 16.5. The van der Waals surface area contributed by atoms with Crippen LogP contribution in [-0.2, 0) is 0 Å². The average molecular weight is 441 g/mol. The number of methoxy groups -OCH3 is 3. The molecule has 1 amide bonds. The van der Waals surface area contributed by atoms with Crippen LogP contribution >= 0.6 is 0 Å². The summed E-state index contributed by atoms with van der Waals surface area (Å²) >= 11 is 0. The smallest absolute Gasteiger partial charge is 0.272 e. The summed E-state index contributed by atoms with van der Waals surface area (Å²) in [5.74, 6) is 1.15. The first-order valence-corrected chi connectivity index (χ1v) is 10.2. The average Bonchev–Trinajstić information content (AvgIpc) is 2.87. The quantitative estimate of drug-likeness (QED) is 0.332. The van der Waals surface area contributed by atoms with E-state index in [1.165, 1.54) is 0 Å². The molecule has 1 N–H and O–H groups in total. The minimum atomic E-state index is -0.338. The van der Waals surface area contributed by atoms with Crippen molar-refractivity contribution in [1.29, 1.82) is 0 Å². The zero-order valence-electron chi connectivity index (χ0n) is 18.5. The standard InChI is InChI=1S/C26H23N3O4/c1-31-23-13-18(14-24(32-2)25(23)33-3)22-15-20(19-11-7-8-12-21(19)28-22)26(30)29-27-16-17-9-5-4-6-10-17/h4-16H,1-3H3,(H,29,30)/b27-16+. The first kappa shape index (κ1) is 21.8. The molecule has 1 heterocycles. The Morgan fingerprint density at radius 3 is 2.21 bits per heavy atom. The lowest BCUT2D eigenvalue weighted by atomic mass is 10.0. The molecule has 4 rings (SSSR count). The van der Waals surface area contributed by atoms with Gasteiger partial charge in [-0.2, -0.15) is 5.10 Å². The Morgan fingerprint density at radius 1 is 0.879 bits per heavy atom. The summed E-state index contributed by atoms with van der Waals surface area (Å²) in [6.07, 6.45) is 1.60. The fourth-order valence-corrected chi connectivity index (χ4v) is 3.50. The first-order valence-electron chi connectivity index (χ1n) is 10.2. The van der Waals surface area contributed by atoms with E-state index in [1.54, 1.807) is 45.7 Å². The van der Waals surface area contributed by atoms with Gasteiger partial charge in [0.1, 0.15) is 0 Å². The summed E-state index contributed by atoms with van der Waals surface area (Å²) in [4.78, 5) is 17.8. The van der Waals surface area contributed by atoms with Crippen molar-refractivity contribution in [2.75, 3.05) is 21.3 Å². The molecule has 0 saturated heterocycles. The number of aromatic nitrogens is 1. The molecule has 1 aromatic heterocycles. The number of para-hydroxylation sites is 1. The number of ether oxygens (including phenoxy) is 3. The minimum Gasteiger partial charge on any atom is -0.493 e. The monoisotopic (exact) mass is 441 g/mol. The summed E-state index contributed by atoms with van der Waals surface area (Å²) in [5.41, 5.74) is 5.94. The highest BCUT2D eigenvalue weighted by Gasteiger charge is 2.18. The maximum atomic E-state index is 13.1. The predicted octanol–water partition coefficient (Wildman–Crippen LogP) is 4.69. The molecule has 0 radical (unpaired) electrons. The fourth-order valence-electron chi connectivity index (χ4n) is 3.50. The van der Waals surface area contributed by atoms with Crippen LogP contribution in [0.15, 0.2) is 77.9 Å². The van der Waals surface area contributed by atoms with Crippen molar-refractivity contribution in [3.8, 4) is 28.5 Å². The maximum Gasteiger partial charge on any atom is 0.272 e. The predicted molar refractivity (Wildman–Crippen MR) is 128 cm³/mol. The molecular weight excluding hydrogens is 418 g/mol. The van der Waals surface area contributed by atoms with Gasteiger partial charge in [-0.25, -0.2) is 10.4 Å². The largest absolute Gasteiger partial charge is 0.493 e. The van der Waals surface area contributed by atoms with Crippen molar-refractivity contribution < 1.29 is 19.0 Å². The number of hydrogen-bond donors (Lipinski definition) is 1. The van der Waals surface area contributed by atoms with Gasteiger partial charge in [0, 0.05) is 10.9 Å². The number of benzene rings is 3. The second-order valence-corrected chi connectivity index (χ2v) is 7.10. The van der Waals surface area contributed by atoms with E-state index < -0.39 is 0 Å². The molecular formula is C26H23N3O4. The van der Waals surface area contributed by atoms with E-state index in [2.05, 4.69) is 10.5 Å². The zero-order valence-corrected chi connectivity index (χ0v) is 18.5. The third-order valence-corrected chi connectivity index (χ3v) is 5.10. The van der Waals surface area contributed by atoms with Crippen LogP contribution < -0.4 is 19.6 Å². The lowest BCUT2D eigenvalue weighted by Gasteiger charge is -2.15. The molecule has 33 heavy (non-hydrogen) atoms. The summed E-state index contributed by atoms with van der Waals surface area (Å²) in [5, 5.41) is 4.83. The van der Waals surface area contributed by atoms with Gasteiger partial charge >= 0.3 is 0 Å². The van der Waals surface area contributed by atoms with Crippen molar-refractivity contribution in [3.63, 3.8) is 0 Å². The van der Waals surface area contributed by atoms with Crippen molar-refractivity contribution in [2.45, 2.75) is 0 Å². The lowest BCUT2D eigenvalue weighted by molar-refractivity contribution is 0.0956. The Morgan fingerprint density at radius 2 is 1.55 bits per heavy atom. The molecule has 3 aromatic carbocycles. The van der Waals surface area contributed by atoms with Gasteiger partial charge in [-0.1, -0.05) is 48.5 Å². The van der Waals surface area contributed by atoms with Crippen molar-refractivity contribution in [1.82, 2.24) is 10.4 Å². The molecule has 0 bridgehead atoms. The second kappa shape index (κ2) is 9.82. The number of amides is 1. The number of carbonyl (C=O) groups is 1. The summed E-state index contributed by atoms with van der Waals surface area (Å²) in [6.45, 7) is 0. The number of fused-ring (bicyclic) bond motifs is 1. The van der Waals surface area contributed by atoms with Crippen LogP contribution in [0.1, 0.15) is 15.9 Å². The minimum absolute atomic E-state index is 0.338. The molecule has 0 atom stereocenters. The van der Waals surface area contributed by atoms with Crippen LogP contribution in [0, 0.1) is 0 Å². The highest BCUT2D eigenvalue weighted by Crippen LogP contribution is 2.41. The molecule has 7 heteroatoms. The molecule has 0 fully saturated rings.